The molecule has 0 saturated carbocycles. The predicted molar refractivity (Wildman–Crippen MR) is 110 cm³/mol. The van der Waals surface area contributed by atoms with Gasteiger partial charge in [-0.3, -0.25) is 4.79 Å². The van der Waals surface area contributed by atoms with Crippen LogP contribution in [-0.4, -0.2) is 5.91 Å². The Hall–Kier alpha value is -3.07. The molecule has 0 bridgehead atoms. The van der Waals surface area contributed by atoms with Crippen LogP contribution in [0.2, 0.25) is 0 Å². The molecule has 1 N–H and O–H groups in total. The van der Waals surface area contributed by atoms with Gasteiger partial charge < -0.3 is 10.1 Å². The van der Waals surface area contributed by atoms with Gasteiger partial charge in [-0.15, -0.1) is 0 Å². The highest BCUT2D eigenvalue weighted by Crippen LogP contribution is 2.17. The van der Waals surface area contributed by atoms with Gasteiger partial charge in [-0.1, -0.05) is 55.8 Å². The molecular formula is C24H25NO2. The summed E-state index contributed by atoms with van der Waals surface area (Å²) in [7, 11) is 0. The SMILES string of the molecule is CCCCc1ccc(NC(=O)c2ccc(OCc3ccccc3)cc2)cc1. The molecule has 0 spiro atoms. The molecule has 138 valence electrons. The lowest BCUT2D eigenvalue weighted by Gasteiger charge is -2.09. The van der Waals surface area contributed by atoms with E-state index in [0.717, 1.165) is 23.4 Å². The van der Waals surface area contributed by atoms with E-state index in [4.69, 9.17) is 4.74 Å². The summed E-state index contributed by atoms with van der Waals surface area (Å²) < 4.78 is 5.76. The molecule has 0 aromatic heterocycles. The van der Waals surface area contributed by atoms with Crippen molar-refractivity contribution < 1.29 is 9.53 Å². The summed E-state index contributed by atoms with van der Waals surface area (Å²) in [6.45, 7) is 2.70. The molecule has 0 radical (unpaired) electrons. The Balaban J connectivity index is 1.54. The van der Waals surface area contributed by atoms with Crippen LogP contribution in [0.4, 0.5) is 5.69 Å². The van der Waals surface area contributed by atoms with Crippen LogP contribution in [0, 0.1) is 0 Å². The van der Waals surface area contributed by atoms with Crippen molar-refractivity contribution in [3.05, 3.63) is 95.6 Å². The summed E-state index contributed by atoms with van der Waals surface area (Å²) in [6.07, 6.45) is 3.45. The summed E-state index contributed by atoms with van der Waals surface area (Å²) in [5, 5.41) is 2.94. The zero-order valence-corrected chi connectivity index (χ0v) is 15.7. The maximum Gasteiger partial charge on any atom is 0.255 e. The monoisotopic (exact) mass is 359 g/mol. The third-order valence-electron chi connectivity index (χ3n) is 4.40. The minimum atomic E-state index is -0.120. The molecule has 0 fully saturated rings. The average molecular weight is 359 g/mol. The van der Waals surface area contributed by atoms with Gasteiger partial charge in [-0.05, 0) is 60.4 Å². The van der Waals surface area contributed by atoms with E-state index < -0.39 is 0 Å². The number of hydrogen-bond donors (Lipinski definition) is 1. The highest BCUT2D eigenvalue weighted by molar-refractivity contribution is 6.04. The molecule has 0 aliphatic carbocycles. The van der Waals surface area contributed by atoms with Crippen molar-refractivity contribution in [1.82, 2.24) is 0 Å². The number of amides is 1. The number of unbranched alkanes of at least 4 members (excludes halogenated alkanes) is 1. The Bertz CT molecular complexity index is 840. The highest BCUT2D eigenvalue weighted by Gasteiger charge is 2.06. The van der Waals surface area contributed by atoms with Crippen LogP contribution in [0.1, 0.15) is 41.3 Å². The smallest absolute Gasteiger partial charge is 0.255 e. The van der Waals surface area contributed by atoms with Crippen LogP contribution in [0.5, 0.6) is 5.75 Å². The predicted octanol–water partition coefficient (Wildman–Crippen LogP) is 5.86. The molecule has 3 nitrogen and oxygen atoms in total. The molecule has 0 aliphatic rings. The van der Waals surface area contributed by atoms with E-state index in [0.29, 0.717) is 12.2 Å². The normalized spacial score (nSPS) is 10.4. The summed E-state index contributed by atoms with van der Waals surface area (Å²) in [5.74, 6) is 0.626. The fourth-order valence-electron chi connectivity index (χ4n) is 2.78. The molecule has 0 unspecified atom stereocenters. The number of nitrogens with one attached hydrogen (secondary N) is 1. The van der Waals surface area contributed by atoms with Crippen LogP contribution in [0.3, 0.4) is 0 Å². The second kappa shape index (κ2) is 9.58. The molecule has 0 heterocycles. The summed E-state index contributed by atoms with van der Waals surface area (Å²) in [4.78, 5) is 12.4. The molecule has 0 saturated heterocycles. The first-order valence-corrected chi connectivity index (χ1v) is 9.41. The standard InChI is InChI=1S/C24H25NO2/c1-2-3-7-19-10-14-22(15-11-19)25-24(26)21-12-16-23(17-13-21)27-18-20-8-5-4-6-9-20/h4-6,8-17H,2-3,7,18H2,1H3,(H,25,26). The van der Waals surface area contributed by atoms with Gasteiger partial charge in [0.2, 0.25) is 0 Å². The molecule has 1 amide bonds. The molecule has 0 atom stereocenters. The van der Waals surface area contributed by atoms with Crippen molar-refractivity contribution in [3.63, 3.8) is 0 Å². The van der Waals surface area contributed by atoms with Crippen molar-refractivity contribution in [2.24, 2.45) is 0 Å². The number of carbonyl (C=O) groups excluding carboxylic acids is 1. The minimum absolute atomic E-state index is 0.120. The maximum absolute atomic E-state index is 12.4. The van der Waals surface area contributed by atoms with Crippen molar-refractivity contribution >= 4 is 11.6 Å². The maximum atomic E-state index is 12.4. The van der Waals surface area contributed by atoms with Crippen LogP contribution in [-0.2, 0) is 13.0 Å². The summed E-state index contributed by atoms with van der Waals surface area (Å²) >= 11 is 0. The third-order valence-corrected chi connectivity index (χ3v) is 4.40. The van der Waals surface area contributed by atoms with Gasteiger partial charge in [0.25, 0.3) is 5.91 Å². The molecule has 27 heavy (non-hydrogen) atoms. The lowest BCUT2D eigenvalue weighted by molar-refractivity contribution is 0.102. The fraction of sp³-hybridized carbons (Fsp3) is 0.208. The van der Waals surface area contributed by atoms with E-state index in [-0.39, 0.29) is 5.91 Å². The van der Waals surface area contributed by atoms with E-state index in [1.54, 1.807) is 12.1 Å². The Labute approximate surface area is 161 Å². The second-order valence-corrected chi connectivity index (χ2v) is 6.55. The van der Waals surface area contributed by atoms with Crippen molar-refractivity contribution in [2.45, 2.75) is 32.8 Å². The molecular weight excluding hydrogens is 334 g/mol. The van der Waals surface area contributed by atoms with Crippen molar-refractivity contribution in [1.29, 1.82) is 0 Å². The number of carbonyl (C=O) groups is 1. The van der Waals surface area contributed by atoms with Crippen LogP contribution in [0.25, 0.3) is 0 Å². The molecule has 3 rings (SSSR count). The Morgan fingerprint density at radius 2 is 1.56 bits per heavy atom. The van der Waals surface area contributed by atoms with Gasteiger partial charge in [-0.25, -0.2) is 0 Å². The Morgan fingerprint density at radius 1 is 0.852 bits per heavy atom. The molecule has 0 aliphatic heterocycles. The first-order chi connectivity index (χ1) is 13.2. The van der Waals surface area contributed by atoms with E-state index >= 15 is 0 Å². The third kappa shape index (κ3) is 5.71. The number of anilines is 1. The quantitative estimate of drug-likeness (QED) is 0.547. The molecule has 3 aromatic rings. The largest absolute Gasteiger partial charge is 0.489 e. The van der Waals surface area contributed by atoms with Crippen LogP contribution in [0.15, 0.2) is 78.9 Å². The number of benzene rings is 3. The van der Waals surface area contributed by atoms with E-state index in [9.17, 15) is 4.79 Å². The van der Waals surface area contributed by atoms with Gasteiger partial charge in [-0.2, -0.15) is 0 Å². The number of hydrogen-bond acceptors (Lipinski definition) is 2. The second-order valence-electron chi connectivity index (χ2n) is 6.55. The van der Waals surface area contributed by atoms with Crippen molar-refractivity contribution in [2.75, 3.05) is 5.32 Å². The van der Waals surface area contributed by atoms with Crippen molar-refractivity contribution in [3.8, 4) is 5.75 Å². The number of ether oxygens (including phenoxy) is 1. The van der Waals surface area contributed by atoms with Gasteiger partial charge in [0.15, 0.2) is 0 Å². The number of aryl methyl sites for hydroxylation is 1. The molecule has 3 aromatic carbocycles. The Morgan fingerprint density at radius 3 is 2.22 bits per heavy atom. The van der Waals surface area contributed by atoms with E-state index in [1.807, 2.05) is 54.6 Å². The fourth-order valence-corrected chi connectivity index (χ4v) is 2.78. The van der Waals surface area contributed by atoms with Crippen LogP contribution >= 0.6 is 0 Å². The highest BCUT2D eigenvalue weighted by atomic mass is 16.5. The Kier molecular flexibility index (Phi) is 6.64. The topological polar surface area (TPSA) is 38.3 Å². The van der Waals surface area contributed by atoms with Gasteiger partial charge in [0, 0.05) is 11.3 Å². The minimum Gasteiger partial charge on any atom is -0.489 e. The van der Waals surface area contributed by atoms with E-state index in [2.05, 4.69) is 24.4 Å². The van der Waals surface area contributed by atoms with Gasteiger partial charge in [0.05, 0.1) is 0 Å². The molecule has 3 heteroatoms. The van der Waals surface area contributed by atoms with E-state index in [1.165, 1.54) is 18.4 Å². The van der Waals surface area contributed by atoms with Gasteiger partial charge in [0.1, 0.15) is 12.4 Å². The van der Waals surface area contributed by atoms with Crippen LogP contribution < -0.4 is 10.1 Å². The zero-order chi connectivity index (χ0) is 18.9. The number of rotatable bonds is 8. The first kappa shape index (κ1) is 18.7. The lowest BCUT2D eigenvalue weighted by Crippen LogP contribution is -2.11. The van der Waals surface area contributed by atoms with Gasteiger partial charge >= 0.3 is 0 Å². The summed E-state index contributed by atoms with van der Waals surface area (Å²) in [6, 6.07) is 25.3. The average Bonchev–Trinajstić information content (AvgIpc) is 2.73. The lowest BCUT2D eigenvalue weighted by atomic mass is 10.1. The first-order valence-electron chi connectivity index (χ1n) is 9.41. The summed E-state index contributed by atoms with van der Waals surface area (Å²) in [5.41, 5.74) is 3.83. The zero-order valence-electron chi connectivity index (χ0n) is 15.7.